The quantitative estimate of drug-likeness (QED) is 0.436. The van der Waals surface area contributed by atoms with Gasteiger partial charge in [0, 0.05) is 6.42 Å². The van der Waals surface area contributed by atoms with Crippen LogP contribution in [0.5, 0.6) is 5.75 Å². The Morgan fingerprint density at radius 2 is 1.50 bits per heavy atom. The van der Waals surface area contributed by atoms with Crippen LogP contribution >= 0.6 is 0 Å². The van der Waals surface area contributed by atoms with Gasteiger partial charge in [0.2, 0.25) is 5.91 Å². The highest BCUT2D eigenvalue weighted by Crippen LogP contribution is 2.31. The molecule has 0 atom stereocenters. The van der Waals surface area contributed by atoms with Crippen molar-refractivity contribution in [1.29, 1.82) is 0 Å². The van der Waals surface area contributed by atoms with Crippen molar-refractivity contribution in [3.8, 4) is 5.75 Å². The van der Waals surface area contributed by atoms with Crippen molar-refractivity contribution >= 4 is 23.5 Å². The zero-order valence-electron chi connectivity index (χ0n) is 16.2. The first-order valence-corrected chi connectivity index (χ1v) is 9.47. The summed E-state index contributed by atoms with van der Waals surface area (Å²) in [6.07, 6.45) is 0.193. The molecule has 0 aliphatic carbocycles. The van der Waals surface area contributed by atoms with Crippen molar-refractivity contribution in [2.75, 3.05) is 5.32 Å². The lowest BCUT2D eigenvalue weighted by atomic mass is 10.1. The summed E-state index contributed by atoms with van der Waals surface area (Å²) in [7, 11) is 0. The van der Waals surface area contributed by atoms with E-state index in [0.29, 0.717) is 16.8 Å². The molecule has 0 heterocycles. The second-order valence-corrected chi connectivity index (χ2v) is 6.65. The van der Waals surface area contributed by atoms with Crippen LogP contribution in [-0.2, 0) is 22.4 Å². The first-order chi connectivity index (χ1) is 14.5. The summed E-state index contributed by atoms with van der Waals surface area (Å²) in [6.45, 7) is 0. The van der Waals surface area contributed by atoms with E-state index >= 15 is 0 Å². The third kappa shape index (κ3) is 5.78. The molecule has 0 unspecified atom stereocenters. The fourth-order valence-electron chi connectivity index (χ4n) is 2.94. The number of amides is 1. The standard InChI is InChI=1S/C24H21NO5/c26-21(16-17-8-3-1-4-9-17)25-20-13-7-12-18(14-15-22(27)28)23(20)30-24(29)19-10-5-2-6-11-19/h1-13H,14-16H2,(H,25,26)(H,27,28). The highest BCUT2D eigenvalue weighted by atomic mass is 16.5. The van der Waals surface area contributed by atoms with Crippen LogP contribution in [-0.4, -0.2) is 23.0 Å². The van der Waals surface area contributed by atoms with Gasteiger partial charge in [-0.05, 0) is 35.7 Å². The molecule has 0 saturated heterocycles. The van der Waals surface area contributed by atoms with E-state index in [1.807, 2.05) is 30.3 Å². The summed E-state index contributed by atoms with van der Waals surface area (Å²) in [4.78, 5) is 36.1. The highest BCUT2D eigenvalue weighted by molar-refractivity contribution is 5.96. The molecule has 152 valence electrons. The molecule has 0 aliphatic rings. The van der Waals surface area contributed by atoms with E-state index in [1.54, 1.807) is 48.5 Å². The first kappa shape index (κ1) is 20.8. The number of esters is 1. The van der Waals surface area contributed by atoms with Crippen LogP contribution < -0.4 is 10.1 Å². The molecule has 3 aromatic rings. The molecule has 0 aliphatic heterocycles. The van der Waals surface area contributed by atoms with E-state index in [1.165, 1.54) is 0 Å². The Morgan fingerprint density at radius 1 is 0.833 bits per heavy atom. The van der Waals surface area contributed by atoms with Crippen LogP contribution in [0.25, 0.3) is 0 Å². The van der Waals surface area contributed by atoms with Gasteiger partial charge >= 0.3 is 11.9 Å². The topological polar surface area (TPSA) is 92.7 Å². The van der Waals surface area contributed by atoms with Crippen molar-refractivity contribution < 1.29 is 24.2 Å². The lowest BCUT2D eigenvalue weighted by Crippen LogP contribution is -2.17. The van der Waals surface area contributed by atoms with Crippen LogP contribution in [0.15, 0.2) is 78.9 Å². The maximum Gasteiger partial charge on any atom is 0.343 e. The molecule has 0 fully saturated rings. The van der Waals surface area contributed by atoms with Crippen molar-refractivity contribution in [2.24, 2.45) is 0 Å². The van der Waals surface area contributed by atoms with E-state index in [0.717, 1.165) is 5.56 Å². The van der Waals surface area contributed by atoms with Gasteiger partial charge in [-0.2, -0.15) is 0 Å². The van der Waals surface area contributed by atoms with Crippen molar-refractivity contribution in [3.05, 3.63) is 95.6 Å². The van der Waals surface area contributed by atoms with E-state index in [4.69, 9.17) is 9.84 Å². The first-order valence-electron chi connectivity index (χ1n) is 9.47. The molecule has 3 aromatic carbocycles. The zero-order valence-corrected chi connectivity index (χ0v) is 16.2. The fraction of sp³-hybridized carbons (Fsp3) is 0.125. The Bertz CT molecular complexity index is 1030. The number of carbonyl (C=O) groups excluding carboxylic acids is 2. The molecular formula is C24H21NO5. The SMILES string of the molecule is O=C(O)CCc1cccc(NC(=O)Cc2ccccc2)c1OC(=O)c1ccccc1. The smallest absolute Gasteiger partial charge is 0.343 e. The predicted molar refractivity (Wildman–Crippen MR) is 113 cm³/mol. The minimum absolute atomic E-state index is 0.128. The van der Waals surface area contributed by atoms with Gasteiger partial charge in [0.05, 0.1) is 17.7 Å². The number of ether oxygens (including phenoxy) is 1. The van der Waals surface area contributed by atoms with E-state index in [-0.39, 0.29) is 30.9 Å². The minimum Gasteiger partial charge on any atom is -0.481 e. The fourth-order valence-corrected chi connectivity index (χ4v) is 2.94. The number of aliphatic carboxylic acids is 1. The molecule has 0 radical (unpaired) electrons. The molecule has 3 rings (SSSR count). The monoisotopic (exact) mass is 403 g/mol. The van der Waals surface area contributed by atoms with Gasteiger partial charge in [-0.3, -0.25) is 9.59 Å². The van der Waals surface area contributed by atoms with Gasteiger partial charge in [-0.15, -0.1) is 0 Å². The Kier molecular flexibility index (Phi) is 6.95. The van der Waals surface area contributed by atoms with Crippen LogP contribution in [0.2, 0.25) is 0 Å². The second-order valence-electron chi connectivity index (χ2n) is 6.65. The van der Waals surface area contributed by atoms with Crippen LogP contribution in [0, 0.1) is 0 Å². The number of nitrogens with one attached hydrogen (secondary N) is 1. The summed E-state index contributed by atoms with van der Waals surface area (Å²) in [5, 5.41) is 11.8. The van der Waals surface area contributed by atoms with Gasteiger partial charge in [-0.25, -0.2) is 4.79 Å². The molecule has 6 heteroatoms. The molecule has 2 N–H and O–H groups in total. The van der Waals surface area contributed by atoms with E-state index < -0.39 is 11.9 Å². The van der Waals surface area contributed by atoms with Gasteiger partial charge in [-0.1, -0.05) is 60.7 Å². The zero-order chi connectivity index (χ0) is 21.3. The van der Waals surface area contributed by atoms with Gasteiger partial charge in [0.25, 0.3) is 0 Å². The normalized spacial score (nSPS) is 10.3. The molecule has 30 heavy (non-hydrogen) atoms. The van der Waals surface area contributed by atoms with E-state index in [9.17, 15) is 14.4 Å². The number of carbonyl (C=O) groups is 3. The molecule has 0 aromatic heterocycles. The summed E-state index contributed by atoms with van der Waals surface area (Å²) in [5.74, 6) is -1.66. The highest BCUT2D eigenvalue weighted by Gasteiger charge is 2.18. The van der Waals surface area contributed by atoms with Crippen molar-refractivity contribution in [1.82, 2.24) is 0 Å². The third-order valence-corrected chi connectivity index (χ3v) is 4.39. The molecule has 1 amide bonds. The van der Waals surface area contributed by atoms with Gasteiger partial charge in [0.15, 0.2) is 5.75 Å². The largest absolute Gasteiger partial charge is 0.481 e. The predicted octanol–water partition coefficient (Wildman–Crippen LogP) is 4.10. The summed E-state index contributed by atoms with van der Waals surface area (Å²) in [6, 6.07) is 22.7. The number of carboxylic acid groups (broad SMARTS) is 1. The Hall–Kier alpha value is -3.93. The molecule has 0 spiro atoms. The number of rotatable bonds is 8. The minimum atomic E-state index is -0.964. The number of benzene rings is 3. The number of aryl methyl sites for hydroxylation is 1. The summed E-state index contributed by atoms with van der Waals surface area (Å²) in [5.41, 5.74) is 2.05. The maximum absolute atomic E-state index is 12.6. The summed E-state index contributed by atoms with van der Waals surface area (Å²) >= 11 is 0. The molecule has 0 saturated carbocycles. The van der Waals surface area contributed by atoms with Crippen LogP contribution in [0.1, 0.15) is 27.9 Å². The average Bonchev–Trinajstić information content (AvgIpc) is 2.75. The average molecular weight is 403 g/mol. The van der Waals surface area contributed by atoms with Gasteiger partial charge < -0.3 is 15.2 Å². The molecule has 6 nitrogen and oxygen atoms in total. The Labute approximate surface area is 174 Å². The van der Waals surface area contributed by atoms with E-state index in [2.05, 4.69) is 5.32 Å². The number of hydrogen-bond donors (Lipinski definition) is 2. The third-order valence-electron chi connectivity index (χ3n) is 4.39. The van der Waals surface area contributed by atoms with Gasteiger partial charge in [0.1, 0.15) is 0 Å². The lowest BCUT2D eigenvalue weighted by molar-refractivity contribution is -0.137. The lowest BCUT2D eigenvalue weighted by Gasteiger charge is -2.15. The maximum atomic E-state index is 12.6. The number of carboxylic acids is 1. The Morgan fingerprint density at radius 3 is 2.17 bits per heavy atom. The number of anilines is 1. The van der Waals surface area contributed by atoms with Crippen LogP contribution in [0.4, 0.5) is 5.69 Å². The molecule has 0 bridgehead atoms. The molecular weight excluding hydrogens is 382 g/mol. The second kappa shape index (κ2) is 10.0. The summed E-state index contributed by atoms with van der Waals surface area (Å²) < 4.78 is 5.60. The van der Waals surface area contributed by atoms with Crippen molar-refractivity contribution in [3.63, 3.8) is 0 Å². The van der Waals surface area contributed by atoms with Crippen LogP contribution in [0.3, 0.4) is 0 Å². The number of hydrogen-bond acceptors (Lipinski definition) is 4. The van der Waals surface area contributed by atoms with Crippen molar-refractivity contribution in [2.45, 2.75) is 19.3 Å². The Balaban J connectivity index is 1.85. The number of para-hydroxylation sites is 1.